The molecule has 0 saturated heterocycles. The third-order valence-corrected chi connectivity index (χ3v) is 3.43. The predicted octanol–water partition coefficient (Wildman–Crippen LogP) is 2.99. The predicted molar refractivity (Wildman–Crippen MR) is 89.5 cm³/mol. The van der Waals surface area contributed by atoms with Gasteiger partial charge in [-0.05, 0) is 31.5 Å². The molecule has 0 aliphatic rings. The molecule has 5 heteroatoms. The van der Waals surface area contributed by atoms with Gasteiger partial charge in [-0.1, -0.05) is 42.5 Å². The molecule has 1 heterocycles. The first-order valence-electron chi connectivity index (χ1n) is 7.56. The number of nitrogens with one attached hydrogen (secondary N) is 1. The summed E-state index contributed by atoms with van der Waals surface area (Å²) in [5, 5.41) is 7.15. The molecule has 23 heavy (non-hydrogen) atoms. The Hall–Kier alpha value is -2.95. The van der Waals surface area contributed by atoms with Crippen molar-refractivity contribution in [1.29, 1.82) is 0 Å². The number of aromatic nitrogens is 3. The maximum absolute atomic E-state index is 12.1. The van der Waals surface area contributed by atoms with Crippen LogP contribution in [0.25, 0.3) is 17.1 Å². The van der Waals surface area contributed by atoms with Gasteiger partial charge in [0.05, 0.1) is 5.69 Å². The minimum Gasteiger partial charge on any atom is -0.350 e. The van der Waals surface area contributed by atoms with Gasteiger partial charge >= 0.3 is 0 Å². The maximum Gasteiger partial charge on any atom is 0.290 e. The molecule has 0 spiro atoms. The second-order valence-corrected chi connectivity index (χ2v) is 5.24. The van der Waals surface area contributed by atoms with Crippen LogP contribution in [0.3, 0.4) is 0 Å². The standard InChI is InChI=1S/C18H18N4O/c1-3-19-18(23)16-20-17(14-9-5-4-6-10-14)22(21-16)15-11-7-8-13(2)12-15/h4-12H,3H2,1-2H3,(H,19,23). The van der Waals surface area contributed by atoms with Gasteiger partial charge in [-0.25, -0.2) is 9.67 Å². The molecule has 0 aliphatic carbocycles. The van der Waals surface area contributed by atoms with E-state index in [9.17, 15) is 4.79 Å². The van der Waals surface area contributed by atoms with Gasteiger partial charge < -0.3 is 5.32 Å². The molecule has 116 valence electrons. The SMILES string of the molecule is CCNC(=O)c1nc(-c2ccccc2)n(-c2cccc(C)c2)n1. The summed E-state index contributed by atoms with van der Waals surface area (Å²) in [7, 11) is 0. The lowest BCUT2D eigenvalue weighted by Crippen LogP contribution is -2.24. The Morgan fingerprint density at radius 3 is 2.61 bits per heavy atom. The van der Waals surface area contributed by atoms with Crippen molar-refractivity contribution < 1.29 is 4.79 Å². The summed E-state index contributed by atoms with van der Waals surface area (Å²) in [5.41, 5.74) is 2.92. The molecule has 0 aliphatic heterocycles. The average molecular weight is 306 g/mol. The summed E-state index contributed by atoms with van der Waals surface area (Å²) in [6, 6.07) is 17.7. The average Bonchev–Trinajstić information content (AvgIpc) is 3.01. The van der Waals surface area contributed by atoms with Crippen LogP contribution in [-0.4, -0.2) is 27.2 Å². The van der Waals surface area contributed by atoms with Gasteiger partial charge in [-0.15, -0.1) is 5.10 Å². The van der Waals surface area contributed by atoms with Crippen LogP contribution in [-0.2, 0) is 0 Å². The van der Waals surface area contributed by atoms with E-state index in [1.54, 1.807) is 4.68 Å². The number of aryl methyl sites for hydroxylation is 1. The van der Waals surface area contributed by atoms with Crippen LogP contribution in [0.2, 0.25) is 0 Å². The summed E-state index contributed by atoms with van der Waals surface area (Å²) in [6.45, 7) is 4.43. The molecule has 0 unspecified atom stereocenters. The van der Waals surface area contributed by atoms with Crippen LogP contribution < -0.4 is 5.32 Å². The van der Waals surface area contributed by atoms with Crippen LogP contribution >= 0.6 is 0 Å². The van der Waals surface area contributed by atoms with Gasteiger partial charge in [-0.3, -0.25) is 4.79 Å². The molecule has 1 N–H and O–H groups in total. The largest absolute Gasteiger partial charge is 0.350 e. The topological polar surface area (TPSA) is 59.8 Å². The zero-order valence-electron chi connectivity index (χ0n) is 13.2. The van der Waals surface area contributed by atoms with Crippen molar-refractivity contribution in [2.24, 2.45) is 0 Å². The van der Waals surface area contributed by atoms with Gasteiger partial charge in [0.25, 0.3) is 5.91 Å². The van der Waals surface area contributed by atoms with Crippen LogP contribution in [0.4, 0.5) is 0 Å². The molecular formula is C18H18N4O. The lowest BCUT2D eigenvalue weighted by atomic mass is 10.2. The molecule has 0 atom stereocenters. The maximum atomic E-state index is 12.1. The normalized spacial score (nSPS) is 10.5. The summed E-state index contributed by atoms with van der Waals surface area (Å²) in [4.78, 5) is 16.5. The lowest BCUT2D eigenvalue weighted by molar-refractivity contribution is 0.0945. The second kappa shape index (κ2) is 6.44. The molecule has 3 aromatic rings. The van der Waals surface area contributed by atoms with Crippen molar-refractivity contribution in [1.82, 2.24) is 20.1 Å². The van der Waals surface area contributed by atoms with Gasteiger partial charge in [0, 0.05) is 12.1 Å². The number of carbonyl (C=O) groups excluding carboxylic acids is 1. The Balaban J connectivity index is 2.14. The fourth-order valence-corrected chi connectivity index (χ4v) is 2.36. The summed E-state index contributed by atoms with van der Waals surface area (Å²) < 4.78 is 1.72. The number of nitrogens with zero attached hydrogens (tertiary/aromatic N) is 3. The molecule has 3 rings (SSSR count). The Morgan fingerprint density at radius 1 is 1.13 bits per heavy atom. The van der Waals surface area contributed by atoms with E-state index >= 15 is 0 Å². The number of benzene rings is 2. The monoisotopic (exact) mass is 306 g/mol. The molecule has 1 aromatic heterocycles. The van der Waals surface area contributed by atoms with E-state index in [4.69, 9.17) is 0 Å². The Kier molecular flexibility index (Phi) is 4.19. The van der Waals surface area contributed by atoms with Gasteiger partial charge in [-0.2, -0.15) is 0 Å². The molecule has 0 saturated carbocycles. The summed E-state index contributed by atoms with van der Waals surface area (Å²) in [5.74, 6) is 0.556. The van der Waals surface area contributed by atoms with Gasteiger partial charge in [0.2, 0.25) is 5.82 Å². The van der Waals surface area contributed by atoms with Crippen LogP contribution in [0, 0.1) is 6.92 Å². The molecule has 0 bridgehead atoms. The summed E-state index contributed by atoms with van der Waals surface area (Å²) in [6.07, 6.45) is 0. The highest BCUT2D eigenvalue weighted by Gasteiger charge is 2.18. The fourth-order valence-electron chi connectivity index (χ4n) is 2.36. The molecule has 1 amide bonds. The first-order chi connectivity index (χ1) is 11.2. The van der Waals surface area contributed by atoms with E-state index in [2.05, 4.69) is 15.4 Å². The van der Waals surface area contributed by atoms with E-state index in [0.717, 1.165) is 16.8 Å². The first kappa shape index (κ1) is 15.0. The highest BCUT2D eigenvalue weighted by atomic mass is 16.2. The quantitative estimate of drug-likeness (QED) is 0.806. The zero-order chi connectivity index (χ0) is 16.2. The number of hydrogen-bond donors (Lipinski definition) is 1. The molecule has 2 aromatic carbocycles. The zero-order valence-corrected chi connectivity index (χ0v) is 13.2. The second-order valence-electron chi connectivity index (χ2n) is 5.24. The van der Waals surface area contributed by atoms with Crippen molar-refractivity contribution in [3.05, 3.63) is 66.0 Å². The molecular weight excluding hydrogens is 288 g/mol. The highest BCUT2D eigenvalue weighted by Crippen LogP contribution is 2.21. The third kappa shape index (κ3) is 3.13. The van der Waals surface area contributed by atoms with E-state index < -0.39 is 0 Å². The van der Waals surface area contributed by atoms with E-state index in [1.807, 2.05) is 68.4 Å². The molecule has 0 fully saturated rings. The van der Waals surface area contributed by atoms with E-state index in [0.29, 0.717) is 12.4 Å². The number of amides is 1. The van der Waals surface area contributed by atoms with Crippen LogP contribution in [0.15, 0.2) is 54.6 Å². The number of rotatable bonds is 4. The van der Waals surface area contributed by atoms with Crippen molar-refractivity contribution in [2.75, 3.05) is 6.54 Å². The van der Waals surface area contributed by atoms with E-state index in [-0.39, 0.29) is 11.7 Å². The Morgan fingerprint density at radius 2 is 1.91 bits per heavy atom. The van der Waals surface area contributed by atoms with Gasteiger partial charge in [0.1, 0.15) is 0 Å². The number of carbonyl (C=O) groups is 1. The van der Waals surface area contributed by atoms with Crippen molar-refractivity contribution in [3.8, 4) is 17.1 Å². The van der Waals surface area contributed by atoms with Crippen molar-refractivity contribution in [3.63, 3.8) is 0 Å². The smallest absolute Gasteiger partial charge is 0.290 e. The lowest BCUT2D eigenvalue weighted by Gasteiger charge is -2.06. The van der Waals surface area contributed by atoms with Crippen molar-refractivity contribution in [2.45, 2.75) is 13.8 Å². The van der Waals surface area contributed by atoms with Crippen molar-refractivity contribution >= 4 is 5.91 Å². The van der Waals surface area contributed by atoms with E-state index in [1.165, 1.54) is 0 Å². The Bertz CT molecular complexity index is 824. The third-order valence-electron chi connectivity index (χ3n) is 3.43. The highest BCUT2D eigenvalue weighted by molar-refractivity contribution is 5.90. The minimum absolute atomic E-state index is 0.173. The minimum atomic E-state index is -0.268. The first-order valence-corrected chi connectivity index (χ1v) is 7.56. The molecule has 0 radical (unpaired) electrons. The van der Waals surface area contributed by atoms with Crippen LogP contribution in [0.1, 0.15) is 23.1 Å². The summed E-state index contributed by atoms with van der Waals surface area (Å²) >= 11 is 0. The fraction of sp³-hybridized carbons (Fsp3) is 0.167. The van der Waals surface area contributed by atoms with Crippen LogP contribution in [0.5, 0.6) is 0 Å². The Labute approximate surface area is 135 Å². The number of hydrogen-bond acceptors (Lipinski definition) is 3. The van der Waals surface area contributed by atoms with Gasteiger partial charge in [0.15, 0.2) is 5.82 Å². The molecule has 5 nitrogen and oxygen atoms in total.